The first-order valence-corrected chi connectivity index (χ1v) is 9.84. The van der Waals surface area contributed by atoms with Gasteiger partial charge in [-0.05, 0) is 48.9 Å². The molecule has 2 heterocycles. The van der Waals surface area contributed by atoms with Crippen molar-refractivity contribution in [1.29, 1.82) is 0 Å². The van der Waals surface area contributed by atoms with E-state index in [1.807, 2.05) is 18.2 Å². The Labute approximate surface area is 173 Å². The van der Waals surface area contributed by atoms with Gasteiger partial charge in [-0.1, -0.05) is 24.3 Å². The lowest BCUT2D eigenvalue weighted by Gasteiger charge is -2.22. The van der Waals surface area contributed by atoms with Crippen molar-refractivity contribution >= 4 is 17.2 Å². The molecule has 0 saturated heterocycles. The fourth-order valence-electron chi connectivity index (χ4n) is 3.70. The highest BCUT2D eigenvalue weighted by atomic mass is 19.4. The van der Waals surface area contributed by atoms with E-state index < -0.39 is 11.7 Å². The van der Waals surface area contributed by atoms with Crippen LogP contribution in [0.5, 0.6) is 0 Å². The number of alkyl halides is 3. The Balaban J connectivity index is 1.40. The lowest BCUT2D eigenvalue weighted by molar-refractivity contribution is -0.137. The van der Waals surface area contributed by atoms with Gasteiger partial charge in [0.15, 0.2) is 0 Å². The van der Waals surface area contributed by atoms with Crippen LogP contribution < -0.4 is 5.32 Å². The van der Waals surface area contributed by atoms with Gasteiger partial charge < -0.3 is 10.2 Å². The molecule has 0 bridgehead atoms. The van der Waals surface area contributed by atoms with E-state index in [9.17, 15) is 18.0 Å². The number of nitrogens with zero attached hydrogens (tertiary/aromatic N) is 2. The summed E-state index contributed by atoms with van der Waals surface area (Å²) < 4.78 is 38.0. The quantitative estimate of drug-likeness (QED) is 0.822. The van der Waals surface area contributed by atoms with Gasteiger partial charge in [0.25, 0.3) is 0 Å². The van der Waals surface area contributed by atoms with Crippen LogP contribution >= 0.6 is 0 Å². The first-order chi connectivity index (χ1) is 14.3. The highest BCUT2D eigenvalue weighted by Crippen LogP contribution is 2.30. The van der Waals surface area contributed by atoms with Crippen LogP contribution in [0.1, 0.15) is 34.5 Å². The molecular weight excluding hydrogens is 391 g/mol. The Morgan fingerprint density at radius 2 is 1.90 bits per heavy atom. The zero-order valence-corrected chi connectivity index (χ0v) is 16.6. The topological polar surface area (TPSA) is 45.2 Å². The third-order valence-corrected chi connectivity index (χ3v) is 5.43. The summed E-state index contributed by atoms with van der Waals surface area (Å²) in [6, 6.07) is 8.63. The number of hydrogen-bond donors (Lipinski definition) is 1. The summed E-state index contributed by atoms with van der Waals surface area (Å²) in [6.07, 6.45) is 1.37. The van der Waals surface area contributed by atoms with Crippen LogP contribution in [0.25, 0.3) is 11.3 Å². The molecule has 1 amide bonds. The molecular formula is C23H22F3N3O. The molecule has 0 unspecified atom stereocenters. The zero-order chi connectivity index (χ0) is 21.3. The van der Waals surface area contributed by atoms with Crippen molar-refractivity contribution in [3.05, 3.63) is 76.6 Å². The number of pyridine rings is 1. The summed E-state index contributed by atoms with van der Waals surface area (Å²) in [5.41, 5.74) is 4.56. The first kappa shape index (κ1) is 20.3. The Bertz CT molecular complexity index is 1020. The molecule has 1 aromatic heterocycles. The van der Waals surface area contributed by atoms with Crippen LogP contribution in [-0.4, -0.2) is 35.9 Å². The molecule has 7 heteroatoms. The maximum Gasteiger partial charge on any atom is 0.416 e. The molecule has 2 aliphatic rings. The molecule has 1 N–H and O–H groups in total. The molecule has 1 aliphatic carbocycles. The Kier molecular flexibility index (Phi) is 5.47. The number of halogens is 3. The maximum atomic E-state index is 12.7. The minimum absolute atomic E-state index is 0.0106. The summed E-state index contributed by atoms with van der Waals surface area (Å²) in [4.78, 5) is 19.4. The van der Waals surface area contributed by atoms with Crippen molar-refractivity contribution in [1.82, 2.24) is 15.2 Å². The van der Waals surface area contributed by atoms with Crippen LogP contribution in [0.3, 0.4) is 0 Å². The molecule has 156 valence electrons. The van der Waals surface area contributed by atoms with Crippen LogP contribution in [0, 0.1) is 0 Å². The number of carbonyl (C=O) groups is 1. The van der Waals surface area contributed by atoms with Gasteiger partial charge in [0.2, 0.25) is 5.91 Å². The van der Waals surface area contributed by atoms with Crippen LogP contribution in [0.15, 0.2) is 48.6 Å². The fraction of sp³-hybridized carbons (Fsp3) is 0.304. The summed E-state index contributed by atoms with van der Waals surface area (Å²) in [6.45, 7) is 1.92. The summed E-state index contributed by atoms with van der Waals surface area (Å²) >= 11 is 0. The minimum Gasteiger partial charge on any atom is -0.325 e. The molecule has 0 atom stereocenters. The molecule has 0 spiro atoms. The van der Waals surface area contributed by atoms with Gasteiger partial charge in [-0.25, -0.2) is 0 Å². The van der Waals surface area contributed by atoms with E-state index in [0.717, 1.165) is 48.6 Å². The molecule has 4 rings (SSSR count). The highest BCUT2D eigenvalue weighted by Gasteiger charge is 2.30. The van der Waals surface area contributed by atoms with Gasteiger partial charge in [-0.15, -0.1) is 0 Å². The van der Waals surface area contributed by atoms with Crippen LogP contribution in [0.4, 0.5) is 13.2 Å². The number of likely N-dealkylation sites (N-methyl/N-ethyl adjacent to an activating group) is 1. The minimum atomic E-state index is -4.38. The second-order valence-electron chi connectivity index (χ2n) is 7.67. The van der Waals surface area contributed by atoms with Crippen molar-refractivity contribution in [3.63, 3.8) is 0 Å². The number of carbonyl (C=O) groups excluding carboxylic acids is 1. The number of hydrogen-bond acceptors (Lipinski definition) is 3. The normalized spacial score (nSPS) is 16.7. The van der Waals surface area contributed by atoms with Crippen LogP contribution in [0.2, 0.25) is 0 Å². The van der Waals surface area contributed by atoms with Crippen molar-refractivity contribution in [2.45, 2.75) is 25.4 Å². The van der Waals surface area contributed by atoms with Crippen molar-refractivity contribution < 1.29 is 18.0 Å². The van der Waals surface area contributed by atoms with E-state index >= 15 is 0 Å². The molecule has 0 fully saturated rings. The number of rotatable bonds is 4. The number of aromatic nitrogens is 1. The maximum absolute atomic E-state index is 12.7. The number of benzene rings is 1. The van der Waals surface area contributed by atoms with Gasteiger partial charge >= 0.3 is 6.18 Å². The summed E-state index contributed by atoms with van der Waals surface area (Å²) in [5.74, 6) is -0.268. The molecule has 0 radical (unpaired) electrons. The van der Waals surface area contributed by atoms with E-state index in [1.54, 1.807) is 0 Å². The van der Waals surface area contributed by atoms with Gasteiger partial charge in [-0.2, -0.15) is 13.2 Å². The standard InChI is InChI=1S/C23H22F3N3O/c1-29-12-10-16(11-13-29)19-7-6-18-20(27-19)8-9-21(18)28-22(30)14-15-2-4-17(5-3-15)23(24,25)26/h2-7,9-10H,8,11-14H2,1H3,(H,28,30). The smallest absolute Gasteiger partial charge is 0.325 e. The molecule has 1 aromatic carbocycles. The van der Waals surface area contributed by atoms with E-state index in [4.69, 9.17) is 4.98 Å². The fourth-order valence-corrected chi connectivity index (χ4v) is 3.70. The summed E-state index contributed by atoms with van der Waals surface area (Å²) in [7, 11) is 2.09. The predicted octanol–water partition coefficient (Wildman–Crippen LogP) is 4.08. The number of amides is 1. The monoisotopic (exact) mass is 413 g/mol. The number of nitrogens with one attached hydrogen (secondary N) is 1. The average molecular weight is 413 g/mol. The largest absolute Gasteiger partial charge is 0.416 e. The van der Waals surface area contributed by atoms with Crippen LogP contribution in [-0.2, 0) is 23.8 Å². The second kappa shape index (κ2) is 8.07. The predicted molar refractivity (Wildman–Crippen MR) is 109 cm³/mol. The van der Waals surface area contributed by atoms with E-state index in [2.05, 4.69) is 23.3 Å². The third-order valence-electron chi connectivity index (χ3n) is 5.43. The molecule has 0 saturated carbocycles. The van der Waals surface area contributed by atoms with Crippen molar-refractivity contribution in [2.75, 3.05) is 20.1 Å². The lowest BCUT2D eigenvalue weighted by atomic mass is 10.0. The Hall–Kier alpha value is -2.93. The highest BCUT2D eigenvalue weighted by molar-refractivity contribution is 5.89. The van der Waals surface area contributed by atoms with E-state index in [1.165, 1.54) is 17.7 Å². The summed E-state index contributed by atoms with van der Waals surface area (Å²) in [5, 5.41) is 2.87. The van der Waals surface area contributed by atoms with Crippen molar-refractivity contribution in [3.8, 4) is 0 Å². The number of fused-ring (bicyclic) bond motifs is 1. The first-order valence-electron chi connectivity index (χ1n) is 9.84. The molecule has 1 aliphatic heterocycles. The van der Waals surface area contributed by atoms with Crippen molar-refractivity contribution in [2.24, 2.45) is 0 Å². The SMILES string of the molecule is CN1CC=C(c2ccc3c(n2)CC=C3NC(=O)Cc2ccc(C(F)(F)F)cc2)CC1. The third kappa shape index (κ3) is 4.46. The van der Waals surface area contributed by atoms with E-state index in [0.29, 0.717) is 17.7 Å². The second-order valence-corrected chi connectivity index (χ2v) is 7.67. The lowest BCUT2D eigenvalue weighted by Crippen LogP contribution is -2.24. The zero-order valence-electron chi connectivity index (χ0n) is 16.6. The molecule has 4 nitrogen and oxygen atoms in total. The van der Waals surface area contributed by atoms with Gasteiger partial charge in [-0.3, -0.25) is 9.78 Å². The Morgan fingerprint density at radius 3 is 2.57 bits per heavy atom. The Morgan fingerprint density at radius 1 is 1.13 bits per heavy atom. The number of allylic oxidation sites excluding steroid dienone is 1. The molecule has 2 aromatic rings. The molecule has 30 heavy (non-hydrogen) atoms. The van der Waals surface area contributed by atoms with Gasteiger partial charge in [0, 0.05) is 30.8 Å². The average Bonchev–Trinajstić information content (AvgIpc) is 3.10. The van der Waals surface area contributed by atoms with Gasteiger partial charge in [0.05, 0.1) is 23.4 Å². The van der Waals surface area contributed by atoms with Gasteiger partial charge in [0.1, 0.15) is 0 Å². The van der Waals surface area contributed by atoms with E-state index in [-0.39, 0.29) is 12.3 Å².